The number of amides is 1. The standard InChI is InChI=1S/C16H23FN2O/c1-11-3-2-4-12(9-11)10-19-15(16(18)20)13-5-7-14(17)8-6-13/h5-8,11-12,15,19H,2-4,9-10H2,1H3,(H2,18,20). The molecule has 3 N–H and O–H groups in total. The van der Waals surface area contributed by atoms with Crippen LogP contribution < -0.4 is 11.1 Å². The molecule has 3 unspecified atom stereocenters. The van der Waals surface area contributed by atoms with E-state index < -0.39 is 11.9 Å². The average molecular weight is 278 g/mol. The maximum atomic E-state index is 12.9. The molecule has 0 heterocycles. The zero-order valence-electron chi connectivity index (χ0n) is 11.9. The van der Waals surface area contributed by atoms with E-state index in [0.29, 0.717) is 5.92 Å². The summed E-state index contributed by atoms with van der Waals surface area (Å²) in [5, 5.41) is 3.25. The zero-order valence-corrected chi connectivity index (χ0v) is 11.9. The lowest BCUT2D eigenvalue weighted by atomic mass is 9.82. The van der Waals surface area contributed by atoms with Crippen molar-refractivity contribution in [2.45, 2.75) is 38.6 Å². The van der Waals surface area contributed by atoms with Gasteiger partial charge in [0.15, 0.2) is 0 Å². The second kappa shape index (κ2) is 6.84. The highest BCUT2D eigenvalue weighted by Crippen LogP contribution is 2.28. The number of rotatable bonds is 5. The summed E-state index contributed by atoms with van der Waals surface area (Å²) in [5.74, 6) is 0.632. The van der Waals surface area contributed by atoms with Crippen molar-refractivity contribution in [1.82, 2.24) is 5.32 Å². The molecule has 1 saturated carbocycles. The SMILES string of the molecule is CC1CCCC(CNC(C(N)=O)c2ccc(F)cc2)C1. The summed E-state index contributed by atoms with van der Waals surface area (Å²) >= 11 is 0. The molecule has 1 aliphatic rings. The average Bonchev–Trinajstić information content (AvgIpc) is 2.41. The smallest absolute Gasteiger partial charge is 0.239 e. The van der Waals surface area contributed by atoms with E-state index >= 15 is 0 Å². The van der Waals surface area contributed by atoms with Crippen molar-refractivity contribution in [3.8, 4) is 0 Å². The van der Waals surface area contributed by atoms with Crippen LogP contribution in [0.15, 0.2) is 24.3 Å². The monoisotopic (exact) mass is 278 g/mol. The van der Waals surface area contributed by atoms with Gasteiger partial charge in [0.2, 0.25) is 5.91 Å². The van der Waals surface area contributed by atoms with Gasteiger partial charge in [0, 0.05) is 0 Å². The molecule has 0 radical (unpaired) electrons. The number of primary amides is 1. The molecule has 1 amide bonds. The highest BCUT2D eigenvalue weighted by molar-refractivity contribution is 5.81. The molecule has 1 fully saturated rings. The highest BCUT2D eigenvalue weighted by atomic mass is 19.1. The molecule has 110 valence electrons. The highest BCUT2D eigenvalue weighted by Gasteiger charge is 2.22. The van der Waals surface area contributed by atoms with Crippen molar-refractivity contribution in [1.29, 1.82) is 0 Å². The molecule has 0 aliphatic heterocycles. The molecule has 1 aliphatic carbocycles. The van der Waals surface area contributed by atoms with E-state index in [4.69, 9.17) is 5.73 Å². The van der Waals surface area contributed by atoms with Crippen LogP contribution in [-0.4, -0.2) is 12.5 Å². The summed E-state index contributed by atoms with van der Waals surface area (Å²) < 4.78 is 12.9. The second-order valence-corrected chi connectivity index (χ2v) is 5.93. The number of nitrogens with one attached hydrogen (secondary N) is 1. The van der Waals surface area contributed by atoms with Crippen molar-refractivity contribution < 1.29 is 9.18 Å². The van der Waals surface area contributed by atoms with E-state index in [1.54, 1.807) is 12.1 Å². The minimum absolute atomic E-state index is 0.307. The van der Waals surface area contributed by atoms with E-state index in [9.17, 15) is 9.18 Å². The summed E-state index contributed by atoms with van der Waals surface area (Å²) in [4.78, 5) is 11.6. The molecule has 1 aromatic carbocycles. The quantitative estimate of drug-likeness (QED) is 0.870. The van der Waals surface area contributed by atoms with Gasteiger partial charge in [0.05, 0.1) is 0 Å². The van der Waals surface area contributed by atoms with Gasteiger partial charge in [-0.25, -0.2) is 4.39 Å². The van der Waals surface area contributed by atoms with E-state index in [1.165, 1.54) is 37.8 Å². The van der Waals surface area contributed by atoms with Crippen LogP contribution in [0.3, 0.4) is 0 Å². The predicted octanol–water partition coefficient (Wildman–Crippen LogP) is 2.77. The molecule has 0 aromatic heterocycles. The first-order valence-electron chi connectivity index (χ1n) is 7.34. The Balaban J connectivity index is 1.96. The summed E-state index contributed by atoms with van der Waals surface area (Å²) in [6, 6.07) is 5.40. The first-order chi connectivity index (χ1) is 9.56. The zero-order chi connectivity index (χ0) is 14.5. The Morgan fingerprint density at radius 3 is 2.70 bits per heavy atom. The van der Waals surface area contributed by atoms with Crippen molar-refractivity contribution >= 4 is 5.91 Å². The van der Waals surface area contributed by atoms with E-state index in [0.717, 1.165) is 18.0 Å². The second-order valence-electron chi connectivity index (χ2n) is 5.93. The third-order valence-electron chi connectivity index (χ3n) is 4.14. The number of carbonyl (C=O) groups is 1. The molecule has 3 atom stereocenters. The van der Waals surface area contributed by atoms with Crippen LogP contribution in [0.25, 0.3) is 0 Å². The Hall–Kier alpha value is -1.42. The molecule has 1 aromatic rings. The van der Waals surface area contributed by atoms with Crippen molar-refractivity contribution in [3.63, 3.8) is 0 Å². The number of benzene rings is 1. The van der Waals surface area contributed by atoms with Crippen LogP contribution in [0.5, 0.6) is 0 Å². The largest absolute Gasteiger partial charge is 0.368 e. The molecule has 2 rings (SSSR count). The van der Waals surface area contributed by atoms with Gasteiger partial charge in [0.1, 0.15) is 11.9 Å². The van der Waals surface area contributed by atoms with Crippen molar-refractivity contribution in [2.75, 3.05) is 6.54 Å². The van der Waals surface area contributed by atoms with Gasteiger partial charge in [-0.15, -0.1) is 0 Å². The van der Waals surface area contributed by atoms with E-state index in [1.807, 2.05) is 0 Å². The lowest BCUT2D eigenvalue weighted by Crippen LogP contribution is -2.37. The molecule has 20 heavy (non-hydrogen) atoms. The van der Waals surface area contributed by atoms with Crippen LogP contribution in [0.2, 0.25) is 0 Å². The number of halogens is 1. The Bertz CT molecular complexity index is 446. The van der Waals surface area contributed by atoms with Crippen molar-refractivity contribution in [3.05, 3.63) is 35.6 Å². The van der Waals surface area contributed by atoms with Crippen LogP contribution in [0, 0.1) is 17.7 Å². The fraction of sp³-hybridized carbons (Fsp3) is 0.562. The maximum absolute atomic E-state index is 12.9. The fourth-order valence-electron chi connectivity index (χ4n) is 3.07. The molecule has 0 spiro atoms. The van der Waals surface area contributed by atoms with Gasteiger partial charge in [-0.2, -0.15) is 0 Å². The third-order valence-corrected chi connectivity index (χ3v) is 4.14. The number of nitrogens with two attached hydrogens (primary N) is 1. The Morgan fingerprint density at radius 2 is 2.10 bits per heavy atom. The molecule has 4 heteroatoms. The van der Waals surface area contributed by atoms with Gasteiger partial charge in [-0.3, -0.25) is 4.79 Å². The molecule has 0 bridgehead atoms. The van der Waals surface area contributed by atoms with E-state index in [2.05, 4.69) is 12.2 Å². The van der Waals surface area contributed by atoms with Crippen LogP contribution in [0.4, 0.5) is 4.39 Å². The normalized spacial score (nSPS) is 24.3. The van der Waals surface area contributed by atoms with Crippen LogP contribution in [0.1, 0.15) is 44.2 Å². The lowest BCUT2D eigenvalue weighted by Gasteiger charge is -2.28. The summed E-state index contributed by atoms with van der Waals surface area (Å²) in [7, 11) is 0. The third kappa shape index (κ3) is 4.04. The number of hydrogen-bond donors (Lipinski definition) is 2. The summed E-state index contributed by atoms with van der Waals surface area (Å²) in [6.07, 6.45) is 4.95. The first kappa shape index (κ1) is 15.0. The van der Waals surface area contributed by atoms with Gasteiger partial charge < -0.3 is 11.1 Å². The minimum Gasteiger partial charge on any atom is -0.368 e. The topological polar surface area (TPSA) is 55.1 Å². The summed E-state index contributed by atoms with van der Waals surface area (Å²) in [5.41, 5.74) is 6.18. The van der Waals surface area contributed by atoms with Gasteiger partial charge in [-0.1, -0.05) is 31.9 Å². The summed E-state index contributed by atoms with van der Waals surface area (Å²) in [6.45, 7) is 3.06. The lowest BCUT2D eigenvalue weighted by molar-refractivity contribution is -0.120. The van der Waals surface area contributed by atoms with E-state index in [-0.39, 0.29) is 5.82 Å². The van der Waals surface area contributed by atoms with Crippen LogP contribution in [-0.2, 0) is 4.79 Å². The number of hydrogen-bond acceptors (Lipinski definition) is 2. The molecule has 3 nitrogen and oxygen atoms in total. The van der Waals surface area contributed by atoms with Gasteiger partial charge >= 0.3 is 0 Å². The van der Waals surface area contributed by atoms with Gasteiger partial charge in [0.25, 0.3) is 0 Å². The molecular formula is C16H23FN2O. The Morgan fingerprint density at radius 1 is 1.40 bits per heavy atom. The molecular weight excluding hydrogens is 255 g/mol. The minimum atomic E-state index is -0.534. The van der Waals surface area contributed by atoms with Crippen molar-refractivity contribution in [2.24, 2.45) is 17.6 Å². The van der Waals surface area contributed by atoms with Gasteiger partial charge in [-0.05, 0) is 48.9 Å². The molecule has 0 saturated heterocycles. The Kier molecular flexibility index (Phi) is 5.12. The fourth-order valence-corrected chi connectivity index (χ4v) is 3.07. The number of carbonyl (C=O) groups excluding carboxylic acids is 1. The maximum Gasteiger partial charge on any atom is 0.239 e. The predicted molar refractivity (Wildman–Crippen MR) is 77.5 cm³/mol. The Labute approximate surface area is 119 Å². The van der Waals surface area contributed by atoms with Crippen LogP contribution >= 0.6 is 0 Å². The first-order valence-corrected chi connectivity index (χ1v) is 7.34.